The Balaban J connectivity index is 1.70. The number of methoxy groups -OCH3 is 3. The van der Waals surface area contributed by atoms with Gasteiger partial charge in [-0.3, -0.25) is 23.7 Å². The molecule has 6 N–H and O–H groups in total. The normalized spacial score (nSPS) is 39.0. The second-order valence-electron chi connectivity index (χ2n) is 20.3. The van der Waals surface area contributed by atoms with E-state index < -0.39 is 104 Å². The van der Waals surface area contributed by atoms with Crippen LogP contribution in [-0.4, -0.2) is 127 Å². The molecular formula is C51H82N3O14P. The summed E-state index contributed by atoms with van der Waals surface area (Å²) in [7, 11) is 0.659. The van der Waals surface area contributed by atoms with Gasteiger partial charge in [-0.25, -0.2) is 15.8 Å². The SMILES string of the molecule is CO[C@H]1C[C@@H]2CC[C@@H](C)[C@@](O)(O2)C(=O)C(=O)N2CCCC[C@H]2C(=O)O[C@H]([C@H](C)C[C@@H]2CC[C@@H](OP(N)(N)=O)[C@H](OC)C2)CC(=O)[C@H](C)/C=C(\C)[C@@H](O)[C@@H](OC)C(=O)[C@H](C)C[C@H](C)/C=C/C=C/C=C/1C. The van der Waals surface area contributed by atoms with E-state index in [1.807, 2.05) is 51.2 Å². The quantitative estimate of drug-likeness (QED) is 0.0910. The van der Waals surface area contributed by atoms with Crippen LogP contribution in [0.5, 0.6) is 0 Å². The van der Waals surface area contributed by atoms with Crippen molar-refractivity contribution in [1.29, 1.82) is 0 Å². The minimum absolute atomic E-state index is 0.00261. The minimum Gasteiger partial charge on any atom is -0.460 e. The fourth-order valence-corrected chi connectivity index (χ4v) is 11.1. The molecule has 0 aromatic heterocycles. The third-order valence-corrected chi connectivity index (χ3v) is 15.4. The van der Waals surface area contributed by atoms with Crippen molar-refractivity contribution < 1.29 is 67.0 Å². The van der Waals surface area contributed by atoms with Gasteiger partial charge in [0.15, 0.2) is 5.78 Å². The summed E-state index contributed by atoms with van der Waals surface area (Å²) in [4.78, 5) is 72.1. The van der Waals surface area contributed by atoms with Crippen molar-refractivity contribution in [2.45, 2.75) is 180 Å². The van der Waals surface area contributed by atoms with E-state index in [0.717, 1.165) is 5.57 Å². The molecular weight excluding hydrogens is 910 g/mol. The standard InChI is InChI=1S/C51H82N3O14P/c1-30-16-12-11-13-17-31(2)42(63-8)28-38-21-19-36(7)51(61,67-38)48(58)49(59)54-23-15-14-18-39(54)50(60)66-43(33(4)26-37-20-22-41(44(27-37)64-9)68-69(52,53)62)29-40(55)32(3)25-35(6)46(57)47(65-10)45(56)34(5)24-30/h11-13,16-17,25,30,32-34,36-39,41-44,46-47,57,61H,14-15,18-24,26-29H2,1-10H3,(H4,52,53,62)/b13-11+,16-12+,31-17+,35-25+/t30-,32-,33-,34-,36-,37+,38+,39+,41-,42+,43+,44-,46-,47+,51-/m1/s1. The molecule has 0 unspecified atom stereocenters. The number of hydrogen-bond acceptors (Lipinski definition) is 14. The lowest BCUT2D eigenvalue weighted by atomic mass is 9.78. The van der Waals surface area contributed by atoms with Gasteiger partial charge in [-0.15, -0.1) is 0 Å². The minimum atomic E-state index is -3.79. The van der Waals surface area contributed by atoms with Gasteiger partial charge in [-0.1, -0.05) is 71.1 Å². The molecule has 18 heteroatoms. The second kappa shape index (κ2) is 26.5. The maximum absolute atomic E-state index is 14.5. The number of allylic oxidation sites excluding steroid dienone is 6. The fraction of sp³-hybridized carbons (Fsp3) is 0.745. The maximum Gasteiger partial charge on any atom is 0.335 e. The lowest BCUT2D eigenvalue weighted by Gasteiger charge is -2.42. The first-order valence-electron chi connectivity index (χ1n) is 24.8. The van der Waals surface area contributed by atoms with E-state index in [-0.39, 0.29) is 42.8 Å². The highest BCUT2D eigenvalue weighted by molar-refractivity contribution is 7.53. The predicted molar refractivity (Wildman–Crippen MR) is 260 cm³/mol. The van der Waals surface area contributed by atoms with Crippen LogP contribution in [0.1, 0.15) is 126 Å². The van der Waals surface area contributed by atoms with E-state index in [9.17, 15) is 38.8 Å². The van der Waals surface area contributed by atoms with Crippen molar-refractivity contribution in [1.82, 2.24) is 4.90 Å². The molecule has 2 saturated heterocycles. The monoisotopic (exact) mass is 992 g/mol. The molecule has 17 nitrogen and oxygen atoms in total. The fourth-order valence-electron chi connectivity index (χ4n) is 10.4. The van der Waals surface area contributed by atoms with Gasteiger partial charge in [0.25, 0.3) is 11.7 Å². The molecule has 2 bridgehead atoms. The average Bonchev–Trinajstić information content (AvgIpc) is 3.30. The number of Topliss-reactive ketones (excluding diaryl/α,β-unsaturated/α-hetero) is 3. The number of piperidine rings is 1. The zero-order chi connectivity index (χ0) is 51.4. The summed E-state index contributed by atoms with van der Waals surface area (Å²) in [5.41, 5.74) is 12.3. The smallest absolute Gasteiger partial charge is 0.335 e. The summed E-state index contributed by atoms with van der Waals surface area (Å²) in [6.07, 6.45) is 10.2. The van der Waals surface area contributed by atoms with Crippen molar-refractivity contribution in [2.24, 2.45) is 46.5 Å². The lowest BCUT2D eigenvalue weighted by Crippen LogP contribution is -2.61. The third kappa shape index (κ3) is 16.1. The summed E-state index contributed by atoms with van der Waals surface area (Å²) < 4.78 is 47.1. The van der Waals surface area contributed by atoms with Gasteiger partial charge in [0, 0.05) is 58.5 Å². The molecule has 0 spiro atoms. The highest BCUT2D eigenvalue weighted by atomic mass is 31.2. The molecule has 1 amide bonds. The number of amides is 1. The van der Waals surface area contributed by atoms with E-state index in [1.165, 1.54) is 19.1 Å². The van der Waals surface area contributed by atoms with E-state index >= 15 is 0 Å². The molecule has 3 heterocycles. The van der Waals surface area contributed by atoms with Crippen LogP contribution >= 0.6 is 7.67 Å². The van der Waals surface area contributed by atoms with Gasteiger partial charge in [0.05, 0.1) is 24.4 Å². The number of aliphatic hydroxyl groups is 2. The Bertz CT molecular complexity index is 1950. The molecule has 0 aromatic rings. The Morgan fingerprint density at radius 2 is 1.58 bits per heavy atom. The van der Waals surface area contributed by atoms with E-state index in [2.05, 4.69) is 0 Å². The van der Waals surface area contributed by atoms with Crippen LogP contribution in [0.2, 0.25) is 0 Å². The molecule has 1 saturated carbocycles. The molecule has 390 valence electrons. The lowest BCUT2D eigenvalue weighted by molar-refractivity contribution is -0.265. The summed E-state index contributed by atoms with van der Waals surface area (Å²) >= 11 is 0. The van der Waals surface area contributed by atoms with Crippen LogP contribution in [0.25, 0.3) is 0 Å². The topological polar surface area (TPSA) is 254 Å². The van der Waals surface area contributed by atoms with Crippen LogP contribution in [-0.2, 0) is 56.7 Å². The van der Waals surface area contributed by atoms with Crippen LogP contribution in [0.15, 0.2) is 47.6 Å². The van der Waals surface area contributed by atoms with Crippen molar-refractivity contribution in [3.63, 3.8) is 0 Å². The molecule has 0 radical (unpaired) electrons. The number of nitrogens with zero attached hydrogens (tertiary/aromatic N) is 1. The number of esters is 1. The van der Waals surface area contributed by atoms with Crippen LogP contribution in [0.4, 0.5) is 0 Å². The molecule has 1 aliphatic carbocycles. The average molecular weight is 992 g/mol. The highest BCUT2D eigenvalue weighted by Crippen LogP contribution is 2.41. The molecule has 69 heavy (non-hydrogen) atoms. The maximum atomic E-state index is 14.5. The summed E-state index contributed by atoms with van der Waals surface area (Å²) in [5.74, 6) is -8.41. The molecule has 3 aliphatic heterocycles. The molecule has 15 atom stereocenters. The Hall–Kier alpha value is -3.22. The summed E-state index contributed by atoms with van der Waals surface area (Å²) in [6, 6.07) is -1.18. The van der Waals surface area contributed by atoms with Gasteiger partial charge in [-0.2, -0.15) is 0 Å². The number of rotatable bonds is 8. The third-order valence-electron chi connectivity index (χ3n) is 14.8. The zero-order valence-corrected chi connectivity index (χ0v) is 43.5. The Labute approximate surface area is 409 Å². The Morgan fingerprint density at radius 3 is 2.23 bits per heavy atom. The van der Waals surface area contributed by atoms with Gasteiger partial charge in [0.1, 0.15) is 30.1 Å². The number of hydrogen-bond donors (Lipinski definition) is 4. The van der Waals surface area contributed by atoms with Crippen molar-refractivity contribution in [2.75, 3.05) is 27.9 Å². The van der Waals surface area contributed by atoms with Crippen LogP contribution in [0, 0.1) is 35.5 Å². The summed E-state index contributed by atoms with van der Waals surface area (Å²) in [5, 5.41) is 23.4. The molecule has 4 rings (SSSR count). The largest absolute Gasteiger partial charge is 0.460 e. The number of cyclic esters (lactones) is 1. The number of nitrogens with two attached hydrogens (primary N) is 2. The van der Waals surface area contributed by atoms with Crippen molar-refractivity contribution in [3.8, 4) is 0 Å². The van der Waals surface area contributed by atoms with E-state index in [1.54, 1.807) is 40.9 Å². The number of ether oxygens (including phenoxy) is 5. The van der Waals surface area contributed by atoms with Crippen LogP contribution < -0.4 is 11.0 Å². The first kappa shape index (κ1) is 58.4. The number of ketones is 3. The van der Waals surface area contributed by atoms with Crippen molar-refractivity contribution >= 4 is 36.9 Å². The van der Waals surface area contributed by atoms with Gasteiger partial charge in [0.2, 0.25) is 5.79 Å². The van der Waals surface area contributed by atoms with E-state index in [4.69, 9.17) is 39.2 Å². The first-order valence-corrected chi connectivity index (χ1v) is 26.5. The Morgan fingerprint density at radius 1 is 0.870 bits per heavy atom. The van der Waals surface area contributed by atoms with Gasteiger partial charge < -0.3 is 43.3 Å². The highest BCUT2D eigenvalue weighted by Gasteiger charge is 2.53. The number of aliphatic hydroxyl groups excluding tert-OH is 1. The first-order chi connectivity index (χ1) is 32.4. The van der Waals surface area contributed by atoms with Gasteiger partial charge >= 0.3 is 13.6 Å². The summed E-state index contributed by atoms with van der Waals surface area (Å²) in [6.45, 7) is 12.6. The predicted octanol–water partition coefficient (Wildman–Crippen LogP) is 6.23. The number of fused-ring (bicyclic) bond motifs is 3. The second-order valence-corrected chi connectivity index (χ2v) is 21.8. The van der Waals surface area contributed by atoms with Crippen LogP contribution in [0.3, 0.4) is 0 Å². The zero-order valence-electron chi connectivity index (χ0n) is 42.6. The number of carbonyl (C=O) groups is 5. The van der Waals surface area contributed by atoms with E-state index in [0.29, 0.717) is 69.8 Å². The number of carbonyl (C=O) groups excluding carboxylic acids is 5. The van der Waals surface area contributed by atoms with Crippen molar-refractivity contribution in [3.05, 3.63) is 47.6 Å². The molecule has 4 aliphatic rings. The molecule has 0 aromatic carbocycles. The van der Waals surface area contributed by atoms with Gasteiger partial charge in [-0.05, 0) is 107 Å². The Kier molecular flexibility index (Phi) is 22.4. The molecule has 3 fully saturated rings.